The lowest BCUT2D eigenvalue weighted by molar-refractivity contribution is 0.0763. The maximum absolute atomic E-state index is 5.56. The van der Waals surface area contributed by atoms with Gasteiger partial charge in [0.05, 0.1) is 6.10 Å². The molecule has 2 rings (SSSR count). The van der Waals surface area contributed by atoms with Gasteiger partial charge in [-0.25, -0.2) is 0 Å². The van der Waals surface area contributed by atoms with Crippen molar-refractivity contribution in [3.63, 3.8) is 0 Å². The van der Waals surface area contributed by atoms with Gasteiger partial charge in [-0.05, 0) is 57.0 Å². The topological polar surface area (TPSA) is 33.3 Å². The maximum atomic E-state index is 5.56. The van der Waals surface area contributed by atoms with Gasteiger partial charge in [0.1, 0.15) is 0 Å². The molecule has 1 aliphatic heterocycles. The first-order valence-electron chi connectivity index (χ1n) is 7.26. The largest absolute Gasteiger partial charge is 0.380 e. The van der Waals surface area contributed by atoms with E-state index in [1.807, 2.05) is 7.11 Å². The maximum Gasteiger partial charge on any atom is 0.0724 e. The summed E-state index contributed by atoms with van der Waals surface area (Å²) >= 11 is 0. The summed E-state index contributed by atoms with van der Waals surface area (Å²) in [6.45, 7) is 5.90. The minimum atomic E-state index is 0.450. The molecule has 2 unspecified atom stereocenters. The molecule has 0 radical (unpaired) electrons. The van der Waals surface area contributed by atoms with Gasteiger partial charge in [0, 0.05) is 19.7 Å². The zero-order valence-corrected chi connectivity index (χ0v) is 11.4. The zero-order valence-electron chi connectivity index (χ0n) is 11.4. The second-order valence-corrected chi connectivity index (χ2v) is 5.80. The number of piperidine rings is 1. The van der Waals surface area contributed by atoms with Gasteiger partial charge >= 0.3 is 0 Å². The molecular weight excluding hydrogens is 212 g/mol. The van der Waals surface area contributed by atoms with Gasteiger partial charge in [-0.2, -0.15) is 0 Å². The molecule has 0 aromatic rings. The molecule has 1 heterocycles. The Balaban J connectivity index is 1.82. The summed E-state index contributed by atoms with van der Waals surface area (Å²) in [6, 6.07) is 0.596. The number of hydrogen-bond acceptors (Lipinski definition) is 3. The van der Waals surface area contributed by atoms with Gasteiger partial charge in [0.25, 0.3) is 0 Å². The second kappa shape index (κ2) is 6.17. The van der Waals surface area contributed by atoms with E-state index in [9.17, 15) is 0 Å². The van der Waals surface area contributed by atoms with E-state index in [-0.39, 0.29) is 0 Å². The van der Waals surface area contributed by atoms with Crippen molar-refractivity contribution >= 4 is 0 Å². The highest BCUT2D eigenvalue weighted by molar-refractivity contribution is 4.90. The first-order valence-corrected chi connectivity index (χ1v) is 7.26. The molecule has 1 saturated heterocycles. The third kappa shape index (κ3) is 3.21. The van der Waals surface area contributed by atoms with Gasteiger partial charge in [-0.3, -0.25) is 0 Å². The first kappa shape index (κ1) is 13.3. The molecule has 0 amide bonds. The fourth-order valence-electron chi connectivity index (χ4n) is 3.40. The number of ether oxygens (including phenoxy) is 1. The number of rotatable bonds is 5. The fraction of sp³-hybridized carbons (Fsp3) is 1.00. The Kier molecular flexibility index (Phi) is 4.83. The summed E-state index contributed by atoms with van der Waals surface area (Å²) in [6.07, 6.45) is 8.22. The molecule has 0 spiro atoms. The number of nitrogens with one attached hydrogen (secondary N) is 2. The van der Waals surface area contributed by atoms with Crippen molar-refractivity contribution in [1.82, 2.24) is 10.6 Å². The van der Waals surface area contributed by atoms with Crippen molar-refractivity contribution in [3.8, 4) is 0 Å². The van der Waals surface area contributed by atoms with Gasteiger partial charge in [0.15, 0.2) is 0 Å². The lowest BCUT2D eigenvalue weighted by atomic mass is 9.76. The van der Waals surface area contributed by atoms with Gasteiger partial charge in [0.2, 0.25) is 0 Å². The van der Waals surface area contributed by atoms with E-state index in [1.54, 1.807) is 0 Å². The normalized spacial score (nSPS) is 32.8. The average molecular weight is 240 g/mol. The summed E-state index contributed by atoms with van der Waals surface area (Å²) in [5.74, 6) is 0. The highest BCUT2D eigenvalue weighted by atomic mass is 16.5. The molecule has 0 aromatic carbocycles. The van der Waals surface area contributed by atoms with Crippen LogP contribution in [0, 0.1) is 5.41 Å². The zero-order chi connectivity index (χ0) is 12.1. The summed E-state index contributed by atoms with van der Waals surface area (Å²) < 4.78 is 5.56. The molecule has 2 N–H and O–H groups in total. The van der Waals surface area contributed by atoms with Crippen molar-refractivity contribution in [1.29, 1.82) is 0 Å². The third-order valence-corrected chi connectivity index (χ3v) is 4.91. The highest BCUT2D eigenvalue weighted by Gasteiger charge is 2.33. The molecule has 100 valence electrons. The van der Waals surface area contributed by atoms with Gasteiger partial charge < -0.3 is 15.4 Å². The molecule has 2 aliphatic rings. The van der Waals surface area contributed by atoms with Crippen LogP contribution in [0.2, 0.25) is 0 Å². The van der Waals surface area contributed by atoms with Crippen LogP contribution in [0.1, 0.15) is 45.4 Å². The average Bonchev–Trinajstić information content (AvgIpc) is 2.85. The van der Waals surface area contributed by atoms with E-state index < -0.39 is 0 Å². The van der Waals surface area contributed by atoms with Crippen LogP contribution in [0.25, 0.3) is 0 Å². The molecule has 3 heteroatoms. The summed E-state index contributed by atoms with van der Waals surface area (Å²) in [5, 5.41) is 7.26. The van der Waals surface area contributed by atoms with Gasteiger partial charge in [-0.1, -0.05) is 6.92 Å². The van der Waals surface area contributed by atoms with E-state index >= 15 is 0 Å². The molecule has 1 saturated carbocycles. The second-order valence-electron chi connectivity index (χ2n) is 5.80. The first-order chi connectivity index (χ1) is 8.29. The monoisotopic (exact) mass is 240 g/mol. The van der Waals surface area contributed by atoms with Crippen molar-refractivity contribution < 1.29 is 4.74 Å². The van der Waals surface area contributed by atoms with E-state index in [2.05, 4.69) is 17.6 Å². The Morgan fingerprint density at radius 1 is 1.29 bits per heavy atom. The molecule has 3 nitrogen and oxygen atoms in total. The SMILES string of the molecule is CCC1(CNC2CCCC2OC)CCNCC1. The van der Waals surface area contributed by atoms with Crippen LogP contribution in [-0.4, -0.2) is 38.9 Å². The smallest absolute Gasteiger partial charge is 0.0724 e. The molecule has 17 heavy (non-hydrogen) atoms. The molecular formula is C14H28N2O. The minimum Gasteiger partial charge on any atom is -0.380 e. The molecule has 2 fully saturated rings. The van der Waals surface area contributed by atoms with Crippen molar-refractivity contribution in [2.45, 2.75) is 57.6 Å². The number of methoxy groups -OCH3 is 1. The Bertz CT molecular complexity index is 226. The van der Waals surface area contributed by atoms with Crippen LogP contribution in [0.5, 0.6) is 0 Å². The van der Waals surface area contributed by atoms with Crippen molar-refractivity contribution in [3.05, 3.63) is 0 Å². The van der Waals surface area contributed by atoms with Crippen LogP contribution in [0.3, 0.4) is 0 Å². The predicted molar refractivity (Wildman–Crippen MR) is 71.3 cm³/mol. The van der Waals surface area contributed by atoms with Crippen LogP contribution in [0.15, 0.2) is 0 Å². The third-order valence-electron chi connectivity index (χ3n) is 4.91. The van der Waals surface area contributed by atoms with E-state index in [0.717, 1.165) is 0 Å². The van der Waals surface area contributed by atoms with Crippen molar-refractivity contribution in [2.75, 3.05) is 26.7 Å². The Hall–Kier alpha value is -0.120. The summed E-state index contributed by atoms with van der Waals surface area (Å²) in [7, 11) is 1.85. The van der Waals surface area contributed by atoms with Crippen LogP contribution in [0.4, 0.5) is 0 Å². The predicted octanol–water partition coefficient (Wildman–Crippen LogP) is 1.92. The minimum absolute atomic E-state index is 0.450. The summed E-state index contributed by atoms with van der Waals surface area (Å²) in [5.41, 5.74) is 0.534. The fourth-order valence-corrected chi connectivity index (χ4v) is 3.40. The Labute approximate surface area is 106 Å². The van der Waals surface area contributed by atoms with E-state index in [4.69, 9.17) is 4.74 Å². The van der Waals surface area contributed by atoms with Crippen molar-refractivity contribution in [2.24, 2.45) is 5.41 Å². The summed E-state index contributed by atoms with van der Waals surface area (Å²) in [4.78, 5) is 0. The Morgan fingerprint density at radius 2 is 2.06 bits per heavy atom. The lowest BCUT2D eigenvalue weighted by Gasteiger charge is -2.38. The lowest BCUT2D eigenvalue weighted by Crippen LogP contribution is -2.47. The highest BCUT2D eigenvalue weighted by Crippen LogP contribution is 2.32. The number of hydrogen-bond donors (Lipinski definition) is 2. The molecule has 2 atom stereocenters. The van der Waals surface area contributed by atoms with Gasteiger partial charge in [-0.15, -0.1) is 0 Å². The molecule has 1 aliphatic carbocycles. The molecule has 0 bridgehead atoms. The molecule has 0 aromatic heterocycles. The van der Waals surface area contributed by atoms with Crippen LogP contribution >= 0.6 is 0 Å². The quantitative estimate of drug-likeness (QED) is 0.770. The standard InChI is InChI=1S/C14H28N2O/c1-3-14(7-9-15-10-8-14)11-16-12-5-4-6-13(12)17-2/h12-13,15-16H,3-11H2,1-2H3. The van der Waals surface area contributed by atoms with Crippen LogP contribution in [-0.2, 0) is 4.74 Å². The van der Waals surface area contributed by atoms with Crippen LogP contribution < -0.4 is 10.6 Å². The Morgan fingerprint density at radius 3 is 2.71 bits per heavy atom. The van der Waals surface area contributed by atoms with E-state index in [0.29, 0.717) is 17.6 Å². The van der Waals surface area contributed by atoms with E-state index in [1.165, 1.54) is 58.2 Å².